The second-order valence-corrected chi connectivity index (χ2v) is 7.02. The van der Waals surface area contributed by atoms with Crippen LogP contribution in [0.5, 0.6) is 0 Å². The molecule has 0 aliphatic heterocycles. The van der Waals surface area contributed by atoms with Crippen LogP contribution in [0.15, 0.2) is 47.5 Å². The van der Waals surface area contributed by atoms with Gasteiger partial charge in [0.15, 0.2) is 9.84 Å². The Hall–Kier alpha value is -1.88. The van der Waals surface area contributed by atoms with Crippen molar-refractivity contribution in [3.63, 3.8) is 0 Å². The van der Waals surface area contributed by atoms with E-state index in [0.29, 0.717) is 11.4 Å². The summed E-state index contributed by atoms with van der Waals surface area (Å²) in [4.78, 5) is 4.74. The van der Waals surface area contributed by atoms with Gasteiger partial charge in [0.2, 0.25) is 0 Å². The molecule has 0 aliphatic rings. The zero-order valence-electron chi connectivity index (χ0n) is 12.3. The fourth-order valence-electron chi connectivity index (χ4n) is 2.08. The topological polar surface area (TPSA) is 59.1 Å². The van der Waals surface area contributed by atoms with Crippen LogP contribution in [0.25, 0.3) is 0 Å². The first-order valence-corrected chi connectivity index (χ1v) is 8.71. The molecule has 0 fully saturated rings. The summed E-state index contributed by atoms with van der Waals surface area (Å²) in [6.07, 6.45) is 2.73. The Morgan fingerprint density at radius 2 is 1.81 bits per heavy atom. The first-order valence-electron chi connectivity index (χ1n) is 7.06. The fraction of sp³-hybridized carbons (Fsp3) is 0.312. The van der Waals surface area contributed by atoms with Gasteiger partial charge in [-0.15, -0.1) is 0 Å². The van der Waals surface area contributed by atoms with Crippen molar-refractivity contribution in [2.75, 3.05) is 11.1 Å². The van der Waals surface area contributed by atoms with E-state index in [1.165, 1.54) is 5.56 Å². The highest BCUT2D eigenvalue weighted by Gasteiger charge is 2.10. The van der Waals surface area contributed by atoms with Gasteiger partial charge in [0.1, 0.15) is 0 Å². The molecule has 0 spiro atoms. The summed E-state index contributed by atoms with van der Waals surface area (Å²) in [5, 5.41) is 3.28. The summed E-state index contributed by atoms with van der Waals surface area (Å²) in [7, 11) is -3.13. The maximum atomic E-state index is 11.7. The van der Waals surface area contributed by atoms with Crippen LogP contribution in [0.1, 0.15) is 25.1 Å². The van der Waals surface area contributed by atoms with Crippen molar-refractivity contribution < 1.29 is 8.42 Å². The van der Waals surface area contributed by atoms with Crippen LogP contribution in [-0.2, 0) is 22.8 Å². The molecule has 1 N–H and O–H groups in total. The number of benzene rings is 1. The van der Waals surface area contributed by atoms with Gasteiger partial charge in [-0.2, -0.15) is 0 Å². The highest BCUT2D eigenvalue weighted by atomic mass is 32.2. The summed E-state index contributed by atoms with van der Waals surface area (Å²) >= 11 is 0. The molecular formula is C16H20N2O2S. The standard InChI is InChI=1S/C16H20N2O2S/c1-3-13-6-5-11-17-16(13)12-18-14-7-9-15(10-8-14)21(19,20)4-2/h5-11,18H,3-4,12H2,1-2H3. The number of sulfone groups is 1. The minimum Gasteiger partial charge on any atom is -0.379 e. The number of aromatic nitrogens is 1. The van der Waals surface area contributed by atoms with Crippen LogP contribution in [0.2, 0.25) is 0 Å². The van der Waals surface area contributed by atoms with Crippen LogP contribution in [0.3, 0.4) is 0 Å². The number of nitrogens with one attached hydrogen (secondary N) is 1. The minimum atomic E-state index is -3.13. The van der Waals surface area contributed by atoms with Crippen molar-refractivity contribution in [3.05, 3.63) is 53.9 Å². The molecule has 0 saturated heterocycles. The van der Waals surface area contributed by atoms with Crippen molar-refractivity contribution in [2.45, 2.75) is 31.7 Å². The lowest BCUT2D eigenvalue weighted by Gasteiger charge is -2.10. The van der Waals surface area contributed by atoms with E-state index >= 15 is 0 Å². The molecule has 0 bridgehead atoms. The molecule has 1 aromatic carbocycles. The molecule has 0 saturated carbocycles. The van der Waals surface area contributed by atoms with E-state index in [1.54, 1.807) is 37.4 Å². The number of nitrogens with zero attached hydrogens (tertiary/aromatic N) is 1. The van der Waals surface area contributed by atoms with Gasteiger partial charge in [-0.25, -0.2) is 8.42 Å². The van der Waals surface area contributed by atoms with Gasteiger partial charge >= 0.3 is 0 Å². The van der Waals surface area contributed by atoms with E-state index in [4.69, 9.17) is 0 Å². The predicted octanol–water partition coefficient (Wildman–Crippen LogP) is 3.05. The second-order valence-electron chi connectivity index (χ2n) is 4.74. The Morgan fingerprint density at radius 3 is 2.43 bits per heavy atom. The van der Waals surface area contributed by atoms with E-state index in [9.17, 15) is 8.42 Å². The summed E-state index contributed by atoms with van der Waals surface area (Å²) in [5.41, 5.74) is 3.12. The van der Waals surface area contributed by atoms with Crippen LogP contribution in [-0.4, -0.2) is 19.2 Å². The highest BCUT2D eigenvalue weighted by Crippen LogP contribution is 2.16. The van der Waals surface area contributed by atoms with Crippen LogP contribution >= 0.6 is 0 Å². The van der Waals surface area contributed by atoms with Gasteiger partial charge in [0.25, 0.3) is 0 Å². The van der Waals surface area contributed by atoms with Gasteiger partial charge in [-0.1, -0.05) is 19.9 Å². The quantitative estimate of drug-likeness (QED) is 0.891. The van der Waals surface area contributed by atoms with Crippen molar-refractivity contribution in [2.24, 2.45) is 0 Å². The largest absolute Gasteiger partial charge is 0.379 e. The summed E-state index contributed by atoms with van der Waals surface area (Å²) in [5.74, 6) is 0.119. The molecule has 21 heavy (non-hydrogen) atoms. The van der Waals surface area contributed by atoms with Crippen LogP contribution < -0.4 is 5.32 Å². The van der Waals surface area contributed by atoms with E-state index in [2.05, 4.69) is 23.3 Å². The van der Waals surface area contributed by atoms with Crippen molar-refractivity contribution >= 4 is 15.5 Å². The maximum absolute atomic E-state index is 11.7. The number of anilines is 1. The Morgan fingerprint density at radius 1 is 1.10 bits per heavy atom. The maximum Gasteiger partial charge on any atom is 0.178 e. The lowest BCUT2D eigenvalue weighted by molar-refractivity contribution is 0.597. The third-order valence-corrected chi connectivity index (χ3v) is 5.17. The first kappa shape index (κ1) is 15.5. The average Bonchev–Trinajstić information content (AvgIpc) is 2.53. The molecule has 1 heterocycles. The third kappa shape index (κ3) is 3.82. The van der Waals surface area contributed by atoms with E-state index in [1.807, 2.05) is 6.07 Å². The number of pyridine rings is 1. The first-order chi connectivity index (χ1) is 10.1. The Labute approximate surface area is 126 Å². The fourth-order valence-corrected chi connectivity index (χ4v) is 2.97. The molecule has 0 amide bonds. The van der Waals surface area contributed by atoms with Crippen molar-refractivity contribution in [1.82, 2.24) is 4.98 Å². The van der Waals surface area contributed by atoms with E-state index in [-0.39, 0.29) is 5.75 Å². The monoisotopic (exact) mass is 304 g/mol. The number of hydrogen-bond acceptors (Lipinski definition) is 4. The van der Waals surface area contributed by atoms with Gasteiger partial charge in [0.05, 0.1) is 22.9 Å². The molecular weight excluding hydrogens is 284 g/mol. The molecule has 4 nitrogen and oxygen atoms in total. The zero-order valence-corrected chi connectivity index (χ0v) is 13.2. The molecule has 0 unspecified atom stereocenters. The Kier molecular flexibility index (Phi) is 4.96. The molecule has 1 aromatic heterocycles. The summed E-state index contributed by atoms with van der Waals surface area (Å²) in [6, 6.07) is 10.9. The molecule has 2 rings (SSSR count). The second kappa shape index (κ2) is 6.72. The SMILES string of the molecule is CCc1cccnc1CNc1ccc(S(=O)(=O)CC)cc1. The predicted molar refractivity (Wildman–Crippen MR) is 85.1 cm³/mol. The molecule has 2 aromatic rings. The van der Waals surface area contributed by atoms with Crippen LogP contribution in [0.4, 0.5) is 5.69 Å². The van der Waals surface area contributed by atoms with Crippen molar-refractivity contribution in [3.8, 4) is 0 Å². The lowest BCUT2D eigenvalue weighted by atomic mass is 10.1. The van der Waals surface area contributed by atoms with Gasteiger partial charge in [-0.3, -0.25) is 4.98 Å². The van der Waals surface area contributed by atoms with Crippen molar-refractivity contribution in [1.29, 1.82) is 0 Å². The highest BCUT2D eigenvalue weighted by molar-refractivity contribution is 7.91. The lowest BCUT2D eigenvalue weighted by Crippen LogP contribution is -2.06. The molecule has 0 radical (unpaired) electrons. The van der Waals surface area contributed by atoms with E-state index < -0.39 is 9.84 Å². The zero-order chi connectivity index (χ0) is 15.3. The van der Waals surface area contributed by atoms with Gasteiger partial charge < -0.3 is 5.32 Å². The summed E-state index contributed by atoms with van der Waals surface area (Å²) < 4.78 is 23.5. The molecule has 0 aliphatic carbocycles. The Bertz CT molecular complexity index is 694. The van der Waals surface area contributed by atoms with Crippen LogP contribution in [0, 0.1) is 0 Å². The smallest absolute Gasteiger partial charge is 0.178 e. The number of hydrogen-bond donors (Lipinski definition) is 1. The molecule has 5 heteroatoms. The minimum absolute atomic E-state index is 0.119. The molecule has 112 valence electrons. The summed E-state index contributed by atoms with van der Waals surface area (Å²) in [6.45, 7) is 4.38. The van der Waals surface area contributed by atoms with Gasteiger partial charge in [-0.05, 0) is 42.3 Å². The average molecular weight is 304 g/mol. The van der Waals surface area contributed by atoms with Gasteiger partial charge in [0, 0.05) is 11.9 Å². The third-order valence-electron chi connectivity index (χ3n) is 3.42. The Balaban J connectivity index is 2.08. The van der Waals surface area contributed by atoms with E-state index in [0.717, 1.165) is 17.8 Å². The molecule has 0 atom stereocenters. The number of rotatable bonds is 6. The number of aryl methyl sites for hydroxylation is 1. The normalized spacial score (nSPS) is 11.3.